The first-order valence-electron chi connectivity index (χ1n) is 10.8. The van der Waals surface area contributed by atoms with Crippen molar-refractivity contribution < 1.29 is 18.9 Å². The van der Waals surface area contributed by atoms with Gasteiger partial charge in [0, 0.05) is 44.0 Å². The molecule has 1 aromatic heterocycles. The predicted molar refractivity (Wildman–Crippen MR) is 127 cm³/mol. The molecule has 33 heavy (non-hydrogen) atoms. The number of anilines is 3. The van der Waals surface area contributed by atoms with E-state index in [9.17, 15) is 0 Å². The maximum Gasteiger partial charge on any atom is 0.227 e. The summed E-state index contributed by atoms with van der Waals surface area (Å²) in [5.74, 6) is 3.27. The van der Waals surface area contributed by atoms with Crippen LogP contribution < -0.4 is 34.5 Å². The Balaban J connectivity index is 1.38. The van der Waals surface area contributed by atoms with Crippen LogP contribution in [0, 0.1) is 0 Å². The monoisotopic (exact) mass is 451 g/mol. The quantitative estimate of drug-likeness (QED) is 0.509. The summed E-state index contributed by atoms with van der Waals surface area (Å²) in [6.45, 7) is 4.19. The summed E-state index contributed by atoms with van der Waals surface area (Å²) in [7, 11) is 4.92. The summed E-state index contributed by atoms with van der Waals surface area (Å²) in [6.07, 6.45) is 3.28. The van der Waals surface area contributed by atoms with E-state index in [2.05, 4.69) is 31.6 Å². The van der Waals surface area contributed by atoms with Crippen LogP contribution in [-0.4, -0.2) is 57.5 Å². The molecule has 3 aromatic rings. The predicted octanol–water partition coefficient (Wildman–Crippen LogP) is 3.23. The fourth-order valence-electron chi connectivity index (χ4n) is 3.62. The van der Waals surface area contributed by atoms with Gasteiger partial charge in [0.05, 0.1) is 39.4 Å². The largest absolute Gasteiger partial charge is 0.497 e. The first kappa shape index (κ1) is 22.5. The maximum absolute atomic E-state index is 5.82. The van der Waals surface area contributed by atoms with Gasteiger partial charge in [-0.2, -0.15) is 0 Å². The van der Waals surface area contributed by atoms with Gasteiger partial charge in [-0.15, -0.1) is 0 Å². The summed E-state index contributed by atoms with van der Waals surface area (Å²) in [4.78, 5) is 11.0. The molecule has 174 valence electrons. The van der Waals surface area contributed by atoms with Crippen molar-refractivity contribution in [2.24, 2.45) is 0 Å². The molecule has 0 aliphatic carbocycles. The Morgan fingerprint density at radius 2 is 1.58 bits per heavy atom. The Kier molecular flexibility index (Phi) is 7.31. The standard InChI is InChI=1S/C24H29N5O4/c1-30-19-10-17(11-20(13-19)31-2)16-33-21-14-26-24(27-15-21)28-18-4-5-22(23(12-18)32-3)29-8-6-25-7-9-29/h4-5,10-15,25H,6-9,16H2,1-3H3,(H,26,27,28). The van der Waals surface area contributed by atoms with Crippen molar-refractivity contribution in [3.05, 3.63) is 54.4 Å². The molecule has 0 spiro atoms. The Labute approximate surface area is 193 Å². The summed E-state index contributed by atoms with van der Waals surface area (Å²) in [5, 5.41) is 6.58. The zero-order valence-corrected chi connectivity index (χ0v) is 19.1. The van der Waals surface area contributed by atoms with Crippen LogP contribution in [0.25, 0.3) is 0 Å². The molecule has 2 N–H and O–H groups in total. The van der Waals surface area contributed by atoms with Crippen molar-refractivity contribution in [3.63, 3.8) is 0 Å². The molecule has 0 bridgehead atoms. The van der Waals surface area contributed by atoms with Crippen molar-refractivity contribution in [2.45, 2.75) is 6.61 Å². The third-order valence-electron chi connectivity index (χ3n) is 5.34. The van der Waals surface area contributed by atoms with E-state index in [1.54, 1.807) is 33.7 Å². The fourth-order valence-corrected chi connectivity index (χ4v) is 3.62. The van der Waals surface area contributed by atoms with E-state index in [0.717, 1.165) is 48.9 Å². The van der Waals surface area contributed by atoms with Crippen LogP contribution in [0.5, 0.6) is 23.0 Å². The number of nitrogens with zero attached hydrogens (tertiary/aromatic N) is 3. The van der Waals surface area contributed by atoms with Gasteiger partial charge in [-0.25, -0.2) is 9.97 Å². The molecule has 1 aliphatic rings. The molecule has 2 heterocycles. The zero-order chi connectivity index (χ0) is 23.0. The van der Waals surface area contributed by atoms with Crippen LogP contribution in [-0.2, 0) is 6.61 Å². The summed E-state index contributed by atoms with van der Waals surface area (Å²) >= 11 is 0. The van der Waals surface area contributed by atoms with Crippen molar-refractivity contribution in [3.8, 4) is 23.0 Å². The van der Waals surface area contributed by atoms with Crippen LogP contribution in [0.1, 0.15) is 5.56 Å². The highest BCUT2D eigenvalue weighted by Crippen LogP contribution is 2.32. The Morgan fingerprint density at radius 1 is 0.879 bits per heavy atom. The molecule has 9 heteroatoms. The first-order chi connectivity index (χ1) is 16.2. The molecule has 1 fully saturated rings. The van der Waals surface area contributed by atoms with Crippen LogP contribution in [0.3, 0.4) is 0 Å². The number of hydrogen-bond donors (Lipinski definition) is 2. The lowest BCUT2D eigenvalue weighted by Crippen LogP contribution is -2.43. The fraction of sp³-hybridized carbons (Fsp3) is 0.333. The third kappa shape index (κ3) is 5.75. The number of nitrogens with one attached hydrogen (secondary N) is 2. The minimum absolute atomic E-state index is 0.342. The summed E-state index contributed by atoms with van der Waals surface area (Å²) in [6, 6.07) is 11.6. The summed E-state index contributed by atoms with van der Waals surface area (Å²) in [5.41, 5.74) is 2.86. The minimum atomic E-state index is 0.342. The lowest BCUT2D eigenvalue weighted by Gasteiger charge is -2.30. The van der Waals surface area contributed by atoms with Gasteiger partial charge in [0.2, 0.25) is 5.95 Å². The number of ether oxygens (including phenoxy) is 4. The third-order valence-corrected chi connectivity index (χ3v) is 5.34. The van der Waals surface area contributed by atoms with Gasteiger partial charge >= 0.3 is 0 Å². The van der Waals surface area contributed by atoms with Gasteiger partial charge < -0.3 is 34.5 Å². The van der Waals surface area contributed by atoms with E-state index in [1.165, 1.54) is 0 Å². The van der Waals surface area contributed by atoms with Gasteiger partial charge in [-0.05, 0) is 29.8 Å². The second-order valence-corrected chi connectivity index (χ2v) is 7.50. The van der Waals surface area contributed by atoms with E-state index in [0.29, 0.717) is 29.8 Å². The highest BCUT2D eigenvalue weighted by molar-refractivity contribution is 5.67. The molecule has 0 atom stereocenters. The van der Waals surface area contributed by atoms with Gasteiger partial charge in [-0.3, -0.25) is 0 Å². The molecule has 0 radical (unpaired) electrons. The van der Waals surface area contributed by atoms with Crippen molar-refractivity contribution >= 4 is 17.3 Å². The second kappa shape index (κ2) is 10.7. The highest BCUT2D eigenvalue weighted by atomic mass is 16.5. The molecule has 4 rings (SSSR count). The number of benzene rings is 2. The van der Waals surface area contributed by atoms with E-state index in [-0.39, 0.29) is 0 Å². The van der Waals surface area contributed by atoms with Gasteiger partial charge in [0.25, 0.3) is 0 Å². The lowest BCUT2D eigenvalue weighted by atomic mass is 10.2. The topological polar surface area (TPSA) is 90.0 Å². The number of aromatic nitrogens is 2. The van der Waals surface area contributed by atoms with Crippen molar-refractivity contribution in [1.82, 2.24) is 15.3 Å². The molecule has 0 amide bonds. The minimum Gasteiger partial charge on any atom is -0.497 e. The van der Waals surface area contributed by atoms with Crippen molar-refractivity contribution in [1.29, 1.82) is 0 Å². The Bertz CT molecular complexity index is 1030. The number of methoxy groups -OCH3 is 3. The number of rotatable bonds is 9. The molecule has 1 aliphatic heterocycles. The van der Waals surface area contributed by atoms with Gasteiger partial charge in [0.15, 0.2) is 5.75 Å². The maximum atomic E-state index is 5.82. The van der Waals surface area contributed by atoms with Crippen LogP contribution >= 0.6 is 0 Å². The van der Waals surface area contributed by atoms with E-state index in [4.69, 9.17) is 18.9 Å². The molecule has 9 nitrogen and oxygen atoms in total. The molecular formula is C24H29N5O4. The SMILES string of the molecule is COc1cc(COc2cnc(Nc3ccc(N4CCNCC4)c(OC)c3)nc2)cc(OC)c1. The number of piperazine rings is 1. The van der Waals surface area contributed by atoms with Crippen LogP contribution in [0.15, 0.2) is 48.8 Å². The summed E-state index contributed by atoms with van der Waals surface area (Å²) < 4.78 is 22.0. The average molecular weight is 452 g/mol. The average Bonchev–Trinajstić information content (AvgIpc) is 2.88. The molecule has 1 saturated heterocycles. The number of hydrogen-bond acceptors (Lipinski definition) is 9. The van der Waals surface area contributed by atoms with E-state index >= 15 is 0 Å². The molecular weight excluding hydrogens is 422 g/mol. The van der Waals surface area contributed by atoms with E-state index < -0.39 is 0 Å². The van der Waals surface area contributed by atoms with Gasteiger partial charge in [0.1, 0.15) is 23.9 Å². The zero-order valence-electron chi connectivity index (χ0n) is 19.1. The Morgan fingerprint density at radius 3 is 2.21 bits per heavy atom. The first-order valence-corrected chi connectivity index (χ1v) is 10.8. The van der Waals surface area contributed by atoms with Crippen LogP contribution in [0.4, 0.5) is 17.3 Å². The van der Waals surface area contributed by atoms with Crippen molar-refractivity contribution in [2.75, 3.05) is 57.7 Å². The lowest BCUT2D eigenvalue weighted by molar-refractivity contribution is 0.301. The second-order valence-electron chi connectivity index (χ2n) is 7.50. The normalized spacial score (nSPS) is 13.4. The van der Waals surface area contributed by atoms with E-state index in [1.807, 2.05) is 30.3 Å². The molecule has 2 aromatic carbocycles. The molecule has 0 saturated carbocycles. The van der Waals surface area contributed by atoms with Crippen LogP contribution in [0.2, 0.25) is 0 Å². The van der Waals surface area contributed by atoms with Gasteiger partial charge in [-0.1, -0.05) is 0 Å². The highest BCUT2D eigenvalue weighted by Gasteiger charge is 2.15. The smallest absolute Gasteiger partial charge is 0.227 e. The Hall–Kier alpha value is -3.72. The molecule has 0 unspecified atom stereocenters.